The molecule has 0 aromatic rings. The van der Waals surface area contributed by atoms with E-state index in [1.54, 1.807) is 21.3 Å². The summed E-state index contributed by atoms with van der Waals surface area (Å²) in [5.41, 5.74) is 0. The van der Waals surface area contributed by atoms with Crippen LogP contribution in [0.4, 0.5) is 0 Å². The molecule has 146 valence electrons. The number of hydrogen-bond donors (Lipinski definition) is 1. The lowest BCUT2D eigenvalue weighted by atomic mass is 10.2. The first-order valence-corrected chi connectivity index (χ1v) is 11.0. The Bertz CT molecular complexity index is 414. The van der Waals surface area contributed by atoms with Crippen LogP contribution in [-0.4, -0.2) is 103 Å². The molecule has 2 aliphatic heterocycles. The number of hydrogen-bond acceptors (Lipinski definition) is 8. The highest BCUT2D eigenvalue weighted by molar-refractivity contribution is 6.60. The largest absolute Gasteiger partial charge is 0.500 e. The molecular formula is C16H33N3O5Si. The molecule has 2 aliphatic rings. The average Bonchev–Trinajstić information content (AvgIpc) is 2.65. The molecule has 0 amide bonds. The van der Waals surface area contributed by atoms with Crippen molar-refractivity contribution in [2.75, 3.05) is 67.3 Å². The van der Waals surface area contributed by atoms with E-state index in [0.29, 0.717) is 25.8 Å². The number of aliphatic hydroxyl groups excluding tert-OH is 1. The minimum Gasteiger partial charge on any atom is -0.389 e. The van der Waals surface area contributed by atoms with Gasteiger partial charge in [-0.25, -0.2) is 0 Å². The van der Waals surface area contributed by atoms with Gasteiger partial charge in [-0.2, -0.15) is 0 Å². The first-order valence-electron chi connectivity index (χ1n) is 9.09. The second-order valence-corrected chi connectivity index (χ2v) is 9.54. The summed E-state index contributed by atoms with van der Waals surface area (Å²) in [5, 5.41) is 10.3. The lowest BCUT2D eigenvalue weighted by Gasteiger charge is -2.41. The molecule has 0 aromatic carbocycles. The maximum Gasteiger partial charge on any atom is 0.500 e. The van der Waals surface area contributed by atoms with E-state index in [1.165, 1.54) is 0 Å². The van der Waals surface area contributed by atoms with Crippen molar-refractivity contribution in [3.63, 3.8) is 0 Å². The summed E-state index contributed by atoms with van der Waals surface area (Å²) in [6.07, 6.45) is 2.50. The highest BCUT2D eigenvalue weighted by atomic mass is 28.4. The Morgan fingerprint density at radius 3 is 2.56 bits per heavy atom. The van der Waals surface area contributed by atoms with Crippen LogP contribution in [0.15, 0.2) is 4.99 Å². The van der Waals surface area contributed by atoms with Gasteiger partial charge in [-0.1, -0.05) is 0 Å². The van der Waals surface area contributed by atoms with Gasteiger partial charge < -0.3 is 32.9 Å². The molecule has 0 bridgehead atoms. The zero-order valence-corrected chi connectivity index (χ0v) is 16.8. The summed E-state index contributed by atoms with van der Waals surface area (Å²) < 4.78 is 21.8. The number of rotatable bonds is 11. The number of aliphatic imine (C=N–C) groups is 1. The van der Waals surface area contributed by atoms with Crippen molar-refractivity contribution in [2.45, 2.75) is 31.4 Å². The third-order valence-electron chi connectivity index (χ3n) is 4.71. The van der Waals surface area contributed by atoms with Crippen molar-refractivity contribution in [2.24, 2.45) is 4.99 Å². The lowest BCUT2D eigenvalue weighted by molar-refractivity contribution is 0.0211. The van der Waals surface area contributed by atoms with Crippen LogP contribution in [0.25, 0.3) is 0 Å². The van der Waals surface area contributed by atoms with Gasteiger partial charge in [0.05, 0.1) is 12.7 Å². The van der Waals surface area contributed by atoms with Crippen LogP contribution in [0.2, 0.25) is 6.04 Å². The average molecular weight is 376 g/mol. The first kappa shape index (κ1) is 20.6. The Hall–Kier alpha value is -0.713. The number of β-amino-alcohol motifs (C(OH)–C–C–N with tert-alkyl or cyclic N) is 1. The van der Waals surface area contributed by atoms with Crippen molar-refractivity contribution < 1.29 is 23.1 Å². The van der Waals surface area contributed by atoms with Crippen LogP contribution in [0, 0.1) is 0 Å². The molecule has 0 aliphatic carbocycles. The summed E-state index contributed by atoms with van der Waals surface area (Å²) in [7, 11) is 2.31. The SMILES string of the molecule is CO[Si](CCCOCC(O)CN1CCCN2CCCN=C21)(OC)OC. The maximum absolute atomic E-state index is 10.3. The molecule has 1 saturated heterocycles. The molecular weight excluding hydrogens is 342 g/mol. The Labute approximate surface area is 152 Å². The number of aliphatic hydroxyl groups is 1. The molecule has 2 rings (SSSR count). The number of nitrogens with zero attached hydrogens (tertiary/aromatic N) is 3. The van der Waals surface area contributed by atoms with Crippen molar-refractivity contribution in [1.82, 2.24) is 9.80 Å². The lowest BCUT2D eigenvalue weighted by Crippen LogP contribution is -2.54. The molecule has 9 heteroatoms. The van der Waals surface area contributed by atoms with E-state index in [2.05, 4.69) is 14.8 Å². The van der Waals surface area contributed by atoms with E-state index < -0.39 is 14.9 Å². The van der Waals surface area contributed by atoms with E-state index in [4.69, 9.17) is 18.0 Å². The van der Waals surface area contributed by atoms with Crippen LogP contribution < -0.4 is 0 Å². The predicted molar refractivity (Wildman–Crippen MR) is 97.7 cm³/mol. The molecule has 2 heterocycles. The smallest absolute Gasteiger partial charge is 0.389 e. The standard InChI is InChI=1S/C16H33N3O5Si/c1-21-25(22-2,23-3)12-6-11-24-14-15(20)13-19-10-5-9-18-8-4-7-17-16(18)19/h15,20H,4-14H2,1-3H3. The second kappa shape index (κ2) is 10.4. The van der Waals surface area contributed by atoms with Crippen LogP contribution in [0.5, 0.6) is 0 Å². The normalized spacial score (nSPS) is 19.6. The van der Waals surface area contributed by atoms with Gasteiger partial charge in [-0.15, -0.1) is 0 Å². The van der Waals surface area contributed by atoms with E-state index in [-0.39, 0.29) is 0 Å². The summed E-state index contributed by atoms with van der Waals surface area (Å²) in [6.45, 7) is 5.44. The fourth-order valence-electron chi connectivity index (χ4n) is 3.35. The molecule has 0 saturated carbocycles. The maximum atomic E-state index is 10.3. The Balaban J connectivity index is 1.65. The molecule has 1 unspecified atom stereocenters. The quantitative estimate of drug-likeness (QED) is 0.414. The molecule has 0 aromatic heterocycles. The number of guanidine groups is 1. The summed E-state index contributed by atoms with van der Waals surface area (Å²) >= 11 is 0. The van der Waals surface area contributed by atoms with E-state index in [1.807, 2.05) is 0 Å². The Morgan fingerprint density at radius 2 is 1.84 bits per heavy atom. The molecule has 1 atom stereocenters. The molecule has 1 fully saturated rings. The molecule has 8 nitrogen and oxygen atoms in total. The zero-order valence-electron chi connectivity index (χ0n) is 15.8. The predicted octanol–water partition coefficient (Wildman–Crippen LogP) is 0.400. The monoisotopic (exact) mass is 375 g/mol. The Morgan fingerprint density at radius 1 is 1.12 bits per heavy atom. The number of ether oxygens (including phenoxy) is 1. The number of fused-ring (bicyclic) bond motifs is 1. The Kier molecular flexibility index (Phi) is 8.60. The highest BCUT2D eigenvalue weighted by Gasteiger charge is 2.36. The van der Waals surface area contributed by atoms with Crippen molar-refractivity contribution in [1.29, 1.82) is 0 Å². The molecule has 1 N–H and O–H groups in total. The topological polar surface area (TPSA) is 76.0 Å². The van der Waals surface area contributed by atoms with E-state index in [0.717, 1.165) is 51.4 Å². The molecule has 0 radical (unpaired) electrons. The van der Waals surface area contributed by atoms with Gasteiger partial charge in [-0.05, 0) is 19.3 Å². The first-order chi connectivity index (χ1) is 12.1. The third kappa shape index (κ3) is 5.90. The fraction of sp³-hybridized carbons (Fsp3) is 0.938. The minimum absolute atomic E-state index is 0.325. The van der Waals surface area contributed by atoms with Crippen LogP contribution in [-0.2, 0) is 18.0 Å². The molecule has 0 spiro atoms. The van der Waals surface area contributed by atoms with Crippen molar-refractivity contribution in [3.8, 4) is 0 Å². The fourth-order valence-corrected chi connectivity index (χ4v) is 5.04. The summed E-state index contributed by atoms with van der Waals surface area (Å²) in [5.74, 6) is 1.05. The van der Waals surface area contributed by atoms with Crippen LogP contribution in [0.1, 0.15) is 19.3 Å². The van der Waals surface area contributed by atoms with E-state index in [9.17, 15) is 5.11 Å². The van der Waals surface area contributed by atoms with Gasteiger partial charge in [0.15, 0.2) is 5.96 Å². The van der Waals surface area contributed by atoms with Gasteiger partial charge in [0.25, 0.3) is 0 Å². The highest BCUT2D eigenvalue weighted by Crippen LogP contribution is 2.16. The van der Waals surface area contributed by atoms with Gasteiger partial charge in [0.2, 0.25) is 0 Å². The van der Waals surface area contributed by atoms with Crippen LogP contribution in [0.3, 0.4) is 0 Å². The van der Waals surface area contributed by atoms with Gasteiger partial charge >= 0.3 is 8.80 Å². The summed E-state index contributed by atoms with van der Waals surface area (Å²) in [6, 6.07) is 0.699. The second-order valence-electron chi connectivity index (χ2n) is 6.45. The van der Waals surface area contributed by atoms with Crippen LogP contribution >= 0.6 is 0 Å². The van der Waals surface area contributed by atoms with Crippen molar-refractivity contribution >= 4 is 14.8 Å². The molecule has 25 heavy (non-hydrogen) atoms. The third-order valence-corrected chi connectivity index (χ3v) is 7.54. The summed E-state index contributed by atoms with van der Waals surface area (Å²) in [4.78, 5) is 9.14. The minimum atomic E-state index is -2.52. The van der Waals surface area contributed by atoms with E-state index >= 15 is 0 Å². The van der Waals surface area contributed by atoms with Gasteiger partial charge in [-0.3, -0.25) is 4.99 Å². The van der Waals surface area contributed by atoms with Gasteiger partial charge in [0.1, 0.15) is 0 Å². The zero-order chi connectivity index (χ0) is 18.1. The van der Waals surface area contributed by atoms with Gasteiger partial charge in [0, 0.05) is 66.7 Å². The van der Waals surface area contributed by atoms with Crippen molar-refractivity contribution in [3.05, 3.63) is 0 Å².